The maximum atomic E-state index is 4.59. The van der Waals surface area contributed by atoms with Crippen LogP contribution in [-0.2, 0) is 13.6 Å². The second-order valence-corrected chi connectivity index (χ2v) is 6.76. The number of anilines is 2. The normalized spacial score (nSPS) is 14.1. The van der Waals surface area contributed by atoms with E-state index in [1.165, 1.54) is 12.8 Å². The Labute approximate surface area is 164 Å². The van der Waals surface area contributed by atoms with Crippen LogP contribution in [-0.4, -0.2) is 44.1 Å². The molecule has 0 unspecified atom stereocenters. The van der Waals surface area contributed by atoms with Gasteiger partial charge >= 0.3 is 0 Å². The van der Waals surface area contributed by atoms with Gasteiger partial charge < -0.3 is 10.2 Å². The van der Waals surface area contributed by atoms with Crippen LogP contribution in [0.1, 0.15) is 18.7 Å². The van der Waals surface area contributed by atoms with Crippen molar-refractivity contribution in [2.75, 3.05) is 23.3 Å². The van der Waals surface area contributed by atoms with Gasteiger partial charge in [0.15, 0.2) is 0 Å². The molecule has 0 atom stereocenters. The summed E-state index contributed by atoms with van der Waals surface area (Å²) in [4.78, 5) is 15.3. The highest BCUT2D eigenvalue weighted by Gasteiger charge is 2.14. The van der Waals surface area contributed by atoms with Crippen LogP contribution in [0.3, 0.4) is 0 Å². The largest absolute Gasteiger partial charge is 0.378 e. The summed E-state index contributed by atoms with van der Waals surface area (Å²) in [5.41, 5.74) is 2.98. The maximum Gasteiger partial charge on any atom is 0.132 e. The van der Waals surface area contributed by atoms with E-state index < -0.39 is 0 Å². The van der Waals surface area contributed by atoms with Gasteiger partial charge in [0.25, 0.3) is 0 Å². The van der Waals surface area contributed by atoms with Crippen LogP contribution in [0.4, 0.5) is 11.5 Å². The van der Waals surface area contributed by atoms with Crippen molar-refractivity contribution in [3.63, 3.8) is 0 Å². The second-order valence-electron chi connectivity index (χ2n) is 6.76. The molecule has 0 aromatic carbocycles. The monoisotopic (exact) mass is 376 g/mol. The molecule has 1 fully saturated rings. The standard InChI is InChI=1S/C20H24N8/c1-21-7-10-28-18(16-12-25-26(2)15-16)13-24-20(28)14-23-17-5-6-22-19(11-17)27-8-3-4-9-27/h5-7,10-13,15H,1,3-4,8-9,14H2,2H3,(H,22,23)/b10-7-. The molecule has 144 valence electrons. The highest BCUT2D eigenvalue weighted by molar-refractivity contribution is 5.61. The average molecular weight is 376 g/mol. The van der Waals surface area contributed by atoms with Gasteiger partial charge in [-0.05, 0) is 25.6 Å². The van der Waals surface area contributed by atoms with E-state index in [1.54, 1.807) is 10.9 Å². The Kier molecular flexibility index (Phi) is 5.18. The number of rotatable bonds is 7. The van der Waals surface area contributed by atoms with Crippen molar-refractivity contribution < 1.29 is 0 Å². The van der Waals surface area contributed by atoms with Crippen LogP contribution in [0.5, 0.6) is 0 Å². The summed E-state index contributed by atoms with van der Waals surface area (Å²) in [7, 11) is 1.90. The van der Waals surface area contributed by atoms with Crippen LogP contribution in [0.25, 0.3) is 17.5 Å². The number of pyridine rings is 1. The lowest BCUT2D eigenvalue weighted by Crippen LogP contribution is -2.19. The average Bonchev–Trinajstić information content (AvgIpc) is 3.46. The lowest BCUT2D eigenvalue weighted by molar-refractivity contribution is 0.768. The Balaban J connectivity index is 1.55. The molecule has 8 heteroatoms. The van der Waals surface area contributed by atoms with Crippen molar-refractivity contribution in [2.45, 2.75) is 19.4 Å². The fourth-order valence-corrected chi connectivity index (χ4v) is 3.41. The summed E-state index contributed by atoms with van der Waals surface area (Å²) in [5.74, 6) is 1.90. The summed E-state index contributed by atoms with van der Waals surface area (Å²) in [6.45, 7) is 6.25. The topological polar surface area (TPSA) is 76.2 Å². The molecule has 3 aromatic rings. The third-order valence-corrected chi connectivity index (χ3v) is 4.82. The Morgan fingerprint density at radius 3 is 2.86 bits per heavy atom. The molecule has 1 aliphatic rings. The molecule has 4 rings (SSSR count). The SMILES string of the molecule is C=N/C=C\n1c(-c2cnn(C)c2)cnc1CNc1ccnc(N2CCCC2)c1. The number of hydrogen-bond donors (Lipinski definition) is 1. The second kappa shape index (κ2) is 8.08. The van der Waals surface area contributed by atoms with Crippen LogP contribution in [0.15, 0.2) is 48.1 Å². The van der Waals surface area contributed by atoms with Crippen molar-refractivity contribution >= 4 is 24.4 Å². The number of hydrogen-bond acceptors (Lipinski definition) is 6. The van der Waals surface area contributed by atoms with Crippen molar-refractivity contribution in [3.8, 4) is 11.3 Å². The molecule has 1 saturated heterocycles. The molecule has 1 aliphatic heterocycles. The molecule has 4 heterocycles. The van der Waals surface area contributed by atoms with Gasteiger partial charge in [0.05, 0.1) is 24.6 Å². The molecule has 0 saturated carbocycles. The zero-order chi connectivity index (χ0) is 19.3. The van der Waals surface area contributed by atoms with Crippen molar-refractivity contribution in [3.05, 3.63) is 48.9 Å². The van der Waals surface area contributed by atoms with Crippen molar-refractivity contribution in [2.24, 2.45) is 12.0 Å². The van der Waals surface area contributed by atoms with Crippen LogP contribution >= 0.6 is 0 Å². The Morgan fingerprint density at radius 1 is 1.25 bits per heavy atom. The van der Waals surface area contributed by atoms with Crippen LogP contribution < -0.4 is 10.2 Å². The minimum absolute atomic E-state index is 0.575. The van der Waals surface area contributed by atoms with E-state index in [0.717, 1.165) is 41.7 Å². The van der Waals surface area contributed by atoms with Crippen molar-refractivity contribution in [1.29, 1.82) is 0 Å². The number of imidazole rings is 1. The van der Waals surface area contributed by atoms with Gasteiger partial charge in [0.2, 0.25) is 0 Å². The lowest BCUT2D eigenvalue weighted by atomic mass is 10.3. The lowest BCUT2D eigenvalue weighted by Gasteiger charge is -2.17. The van der Waals surface area contributed by atoms with Gasteiger partial charge in [-0.3, -0.25) is 14.2 Å². The molecule has 3 aromatic heterocycles. The summed E-state index contributed by atoms with van der Waals surface area (Å²) in [6.07, 6.45) is 13.5. The van der Waals surface area contributed by atoms with Gasteiger partial charge in [-0.1, -0.05) is 0 Å². The smallest absolute Gasteiger partial charge is 0.132 e. The molecule has 28 heavy (non-hydrogen) atoms. The third kappa shape index (κ3) is 3.80. The first-order chi connectivity index (χ1) is 13.7. The molecule has 1 N–H and O–H groups in total. The third-order valence-electron chi connectivity index (χ3n) is 4.82. The van der Waals surface area contributed by atoms with E-state index in [0.29, 0.717) is 6.54 Å². The Morgan fingerprint density at radius 2 is 2.11 bits per heavy atom. The van der Waals surface area contributed by atoms with Crippen LogP contribution in [0.2, 0.25) is 0 Å². The summed E-state index contributed by atoms with van der Waals surface area (Å²) in [5, 5.41) is 7.71. The zero-order valence-corrected chi connectivity index (χ0v) is 16.0. The fourth-order valence-electron chi connectivity index (χ4n) is 3.41. The first-order valence-corrected chi connectivity index (χ1v) is 9.37. The van der Waals surface area contributed by atoms with E-state index in [1.807, 2.05) is 48.7 Å². The highest BCUT2D eigenvalue weighted by atomic mass is 15.2. The molecule has 0 radical (unpaired) electrons. The first-order valence-electron chi connectivity index (χ1n) is 9.37. The van der Waals surface area contributed by atoms with E-state index >= 15 is 0 Å². The molecule has 0 spiro atoms. The number of nitrogens with one attached hydrogen (secondary N) is 1. The van der Waals surface area contributed by atoms with Gasteiger partial charge in [-0.15, -0.1) is 0 Å². The summed E-state index contributed by atoms with van der Waals surface area (Å²) in [6, 6.07) is 4.08. The predicted molar refractivity (Wildman–Crippen MR) is 112 cm³/mol. The number of aryl methyl sites for hydroxylation is 1. The summed E-state index contributed by atoms with van der Waals surface area (Å²) >= 11 is 0. The fraction of sp³-hybridized carbons (Fsp3) is 0.300. The number of nitrogens with zero attached hydrogens (tertiary/aromatic N) is 7. The van der Waals surface area contributed by atoms with E-state index in [2.05, 4.69) is 43.1 Å². The Bertz CT molecular complexity index is 978. The number of aliphatic imine (C=N–C) groups is 1. The minimum Gasteiger partial charge on any atom is -0.378 e. The first kappa shape index (κ1) is 18.0. The zero-order valence-electron chi connectivity index (χ0n) is 16.0. The quantitative estimate of drug-likeness (QED) is 0.642. The molecule has 8 nitrogen and oxygen atoms in total. The van der Waals surface area contributed by atoms with E-state index in [-0.39, 0.29) is 0 Å². The molecule has 0 aliphatic carbocycles. The van der Waals surface area contributed by atoms with E-state index in [9.17, 15) is 0 Å². The van der Waals surface area contributed by atoms with Gasteiger partial charge in [0.1, 0.15) is 11.6 Å². The predicted octanol–water partition coefficient (Wildman–Crippen LogP) is 3.02. The van der Waals surface area contributed by atoms with Crippen molar-refractivity contribution in [1.82, 2.24) is 24.3 Å². The van der Waals surface area contributed by atoms with Gasteiger partial charge in [-0.2, -0.15) is 5.10 Å². The van der Waals surface area contributed by atoms with Crippen LogP contribution in [0, 0.1) is 0 Å². The molecule has 0 bridgehead atoms. The highest BCUT2D eigenvalue weighted by Crippen LogP contribution is 2.23. The van der Waals surface area contributed by atoms with E-state index in [4.69, 9.17) is 0 Å². The maximum absolute atomic E-state index is 4.59. The minimum atomic E-state index is 0.575. The molecule has 0 amide bonds. The molecular formula is C20H24N8. The summed E-state index contributed by atoms with van der Waals surface area (Å²) < 4.78 is 3.78. The molecular weight excluding hydrogens is 352 g/mol. The van der Waals surface area contributed by atoms with Gasteiger partial charge in [0, 0.05) is 62.2 Å². The van der Waals surface area contributed by atoms with Gasteiger partial charge in [-0.25, -0.2) is 9.97 Å². The Hall–Kier alpha value is -3.42. The number of aromatic nitrogens is 5.